The molecule has 2 N–H and O–H groups in total. The maximum Gasteiger partial charge on any atom is 0.200 e. The molecule has 0 aliphatic carbocycles. The van der Waals surface area contributed by atoms with Crippen LogP contribution in [0.25, 0.3) is 11.3 Å². The summed E-state index contributed by atoms with van der Waals surface area (Å²) in [6.07, 6.45) is 1.85. The summed E-state index contributed by atoms with van der Waals surface area (Å²) in [5, 5.41) is 3.28. The highest BCUT2D eigenvalue weighted by Gasteiger charge is 2.02. The summed E-state index contributed by atoms with van der Waals surface area (Å²) in [6.45, 7) is 0.766. The summed E-state index contributed by atoms with van der Waals surface area (Å²) in [7, 11) is 0. The number of nitrogens with zero attached hydrogens (tertiary/aromatic N) is 1. The number of hydrogen-bond acceptors (Lipinski definition) is 2. The molecule has 0 aliphatic rings. The summed E-state index contributed by atoms with van der Waals surface area (Å²) in [5.74, 6) is 0.794. The molecular weight excluding hydrogens is 234 g/mol. The Labute approximate surface area is 112 Å². The zero-order chi connectivity index (χ0) is 12.9. The molecule has 3 nitrogen and oxygen atoms in total. The first kappa shape index (κ1) is 11.5. The van der Waals surface area contributed by atoms with Crippen molar-refractivity contribution in [2.75, 3.05) is 5.32 Å². The average molecular weight is 249 g/mol. The van der Waals surface area contributed by atoms with Crippen LogP contribution in [0.2, 0.25) is 0 Å². The molecule has 0 spiro atoms. The number of aromatic nitrogens is 2. The second-order valence-corrected chi connectivity index (χ2v) is 4.35. The zero-order valence-corrected chi connectivity index (χ0v) is 10.5. The third-order valence-electron chi connectivity index (χ3n) is 2.96. The van der Waals surface area contributed by atoms with Gasteiger partial charge in [0.25, 0.3) is 0 Å². The predicted octanol–water partition coefficient (Wildman–Crippen LogP) is 3.69. The van der Waals surface area contributed by atoms with Crippen LogP contribution in [0.15, 0.2) is 66.9 Å². The van der Waals surface area contributed by atoms with Crippen LogP contribution in [0.1, 0.15) is 5.56 Å². The third kappa shape index (κ3) is 2.83. The monoisotopic (exact) mass is 249 g/mol. The maximum atomic E-state index is 4.34. The number of hydrogen-bond donors (Lipinski definition) is 2. The lowest BCUT2D eigenvalue weighted by Crippen LogP contribution is -2.00. The number of nitrogens with one attached hydrogen (secondary N) is 2. The van der Waals surface area contributed by atoms with Gasteiger partial charge in [-0.25, -0.2) is 4.98 Å². The van der Waals surface area contributed by atoms with E-state index in [-0.39, 0.29) is 0 Å². The van der Waals surface area contributed by atoms with Gasteiger partial charge in [-0.05, 0) is 11.1 Å². The van der Waals surface area contributed by atoms with Crippen molar-refractivity contribution in [3.8, 4) is 11.3 Å². The summed E-state index contributed by atoms with van der Waals surface area (Å²) in [5.41, 5.74) is 3.40. The molecule has 0 fully saturated rings. The van der Waals surface area contributed by atoms with Crippen molar-refractivity contribution < 1.29 is 0 Å². The van der Waals surface area contributed by atoms with Crippen molar-refractivity contribution in [2.24, 2.45) is 0 Å². The molecule has 3 aromatic rings. The highest BCUT2D eigenvalue weighted by molar-refractivity contribution is 5.60. The Bertz CT molecular complexity index is 629. The predicted molar refractivity (Wildman–Crippen MR) is 77.8 cm³/mol. The maximum absolute atomic E-state index is 4.34. The molecule has 3 rings (SSSR count). The molecule has 0 aliphatic heterocycles. The first-order valence-corrected chi connectivity index (χ1v) is 6.30. The standard InChI is InChI=1S/C16H15N3/c1-3-7-13(8-4-1)11-17-16-18-12-15(19-16)14-9-5-2-6-10-14/h1-10,12H,11H2,(H2,17,18,19). The van der Waals surface area contributed by atoms with Crippen LogP contribution in [-0.2, 0) is 6.54 Å². The fraction of sp³-hybridized carbons (Fsp3) is 0.0625. The second kappa shape index (κ2) is 5.40. The van der Waals surface area contributed by atoms with Gasteiger partial charge in [-0.15, -0.1) is 0 Å². The summed E-state index contributed by atoms with van der Waals surface area (Å²) < 4.78 is 0. The highest BCUT2D eigenvalue weighted by atomic mass is 15.1. The van der Waals surface area contributed by atoms with E-state index >= 15 is 0 Å². The van der Waals surface area contributed by atoms with Gasteiger partial charge in [0, 0.05) is 6.54 Å². The van der Waals surface area contributed by atoms with Crippen molar-refractivity contribution in [3.05, 3.63) is 72.4 Å². The largest absolute Gasteiger partial charge is 0.352 e. The number of anilines is 1. The zero-order valence-electron chi connectivity index (χ0n) is 10.5. The van der Waals surface area contributed by atoms with Gasteiger partial charge in [0.15, 0.2) is 0 Å². The van der Waals surface area contributed by atoms with Crippen LogP contribution in [0.5, 0.6) is 0 Å². The van der Waals surface area contributed by atoms with Crippen LogP contribution >= 0.6 is 0 Å². The SMILES string of the molecule is c1ccc(CNc2ncc(-c3ccccc3)[nH]2)cc1. The van der Waals surface area contributed by atoms with E-state index < -0.39 is 0 Å². The van der Waals surface area contributed by atoms with Gasteiger partial charge in [0.2, 0.25) is 5.95 Å². The molecule has 19 heavy (non-hydrogen) atoms. The Morgan fingerprint density at radius 1 is 0.895 bits per heavy atom. The number of imidazole rings is 1. The molecule has 2 aromatic carbocycles. The molecule has 1 heterocycles. The molecular formula is C16H15N3. The molecule has 0 radical (unpaired) electrons. The minimum Gasteiger partial charge on any atom is -0.352 e. The lowest BCUT2D eigenvalue weighted by atomic mass is 10.2. The molecule has 0 saturated heterocycles. The molecule has 0 amide bonds. The van der Waals surface area contributed by atoms with Gasteiger partial charge in [-0.1, -0.05) is 60.7 Å². The average Bonchev–Trinajstić information content (AvgIpc) is 2.96. The summed E-state index contributed by atoms with van der Waals surface area (Å²) >= 11 is 0. The molecule has 0 saturated carbocycles. The van der Waals surface area contributed by atoms with Crippen molar-refractivity contribution in [1.29, 1.82) is 0 Å². The molecule has 0 bridgehead atoms. The van der Waals surface area contributed by atoms with Crippen LogP contribution in [0.4, 0.5) is 5.95 Å². The quantitative estimate of drug-likeness (QED) is 0.740. The van der Waals surface area contributed by atoms with Gasteiger partial charge in [-0.3, -0.25) is 0 Å². The topological polar surface area (TPSA) is 40.7 Å². The second-order valence-electron chi connectivity index (χ2n) is 4.35. The minimum absolute atomic E-state index is 0.766. The van der Waals surface area contributed by atoms with Crippen molar-refractivity contribution in [1.82, 2.24) is 9.97 Å². The van der Waals surface area contributed by atoms with E-state index in [4.69, 9.17) is 0 Å². The molecule has 0 unspecified atom stereocenters. The van der Waals surface area contributed by atoms with E-state index in [1.54, 1.807) is 0 Å². The fourth-order valence-corrected chi connectivity index (χ4v) is 1.96. The van der Waals surface area contributed by atoms with E-state index in [1.165, 1.54) is 5.56 Å². The minimum atomic E-state index is 0.766. The van der Waals surface area contributed by atoms with Crippen molar-refractivity contribution in [2.45, 2.75) is 6.54 Å². The van der Waals surface area contributed by atoms with Crippen molar-refractivity contribution >= 4 is 5.95 Å². The van der Waals surface area contributed by atoms with E-state index in [2.05, 4.69) is 39.6 Å². The van der Waals surface area contributed by atoms with Gasteiger partial charge >= 0.3 is 0 Å². The summed E-state index contributed by atoms with van der Waals surface area (Å²) in [4.78, 5) is 7.62. The first-order chi connectivity index (χ1) is 9.42. The first-order valence-electron chi connectivity index (χ1n) is 6.30. The van der Waals surface area contributed by atoms with Crippen molar-refractivity contribution in [3.63, 3.8) is 0 Å². The van der Waals surface area contributed by atoms with Gasteiger partial charge in [0.05, 0.1) is 11.9 Å². The number of rotatable bonds is 4. The molecule has 0 atom stereocenters. The molecule has 1 aromatic heterocycles. The van der Waals surface area contributed by atoms with E-state index in [9.17, 15) is 0 Å². The van der Waals surface area contributed by atoms with Gasteiger partial charge < -0.3 is 10.3 Å². The van der Waals surface area contributed by atoms with Crippen LogP contribution in [0, 0.1) is 0 Å². The van der Waals surface area contributed by atoms with Gasteiger partial charge in [-0.2, -0.15) is 0 Å². The Morgan fingerprint density at radius 3 is 2.32 bits per heavy atom. The Morgan fingerprint density at radius 2 is 1.58 bits per heavy atom. The highest BCUT2D eigenvalue weighted by Crippen LogP contribution is 2.17. The smallest absolute Gasteiger partial charge is 0.200 e. The van der Waals surface area contributed by atoms with Gasteiger partial charge in [0.1, 0.15) is 0 Å². The Balaban J connectivity index is 1.69. The van der Waals surface area contributed by atoms with E-state index in [0.29, 0.717) is 0 Å². The lowest BCUT2D eigenvalue weighted by molar-refractivity contribution is 1.09. The van der Waals surface area contributed by atoms with Crippen LogP contribution < -0.4 is 5.32 Å². The van der Waals surface area contributed by atoms with E-state index in [1.807, 2.05) is 42.6 Å². The van der Waals surface area contributed by atoms with Crippen LogP contribution in [0.3, 0.4) is 0 Å². The molecule has 3 heteroatoms. The Hall–Kier alpha value is -2.55. The summed E-state index contributed by atoms with van der Waals surface area (Å²) in [6, 6.07) is 20.5. The Kier molecular flexibility index (Phi) is 3.28. The van der Waals surface area contributed by atoms with E-state index in [0.717, 1.165) is 23.8 Å². The third-order valence-corrected chi connectivity index (χ3v) is 2.96. The number of aromatic amines is 1. The normalized spacial score (nSPS) is 10.3. The number of benzene rings is 2. The van der Waals surface area contributed by atoms with Crippen LogP contribution in [-0.4, -0.2) is 9.97 Å². The lowest BCUT2D eigenvalue weighted by Gasteiger charge is -2.02. The fourth-order valence-electron chi connectivity index (χ4n) is 1.96. The molecule has 94 valence electrons. The number of H-pyrrole nitrogens is 1.